The van der Waals surface area contributed by atoms with E-state index in [-0.39, 0.29) is 28.2 Å². The number of alkyl halides is 3. The number of benzene rings is 2. The van der Waals surface area contributed by atoms with Crippen molar-refractivity contribution in [2.75, 3.05) is 0 Å². The van der Waals surface area contributed by atoms with Crippen LogP contribution in [0.4, 0.5) is 17.6 Å². The number of nitrogens with zero attached hydrogens (tertiary/aromatic N) is 3. The molecule has 0 aliphatic heterocycles. The molecule has 0 saturated heterocycles. The molecule has 0 unspecified atom stereocenters. The molecule has 2 aromatic heterocycles. The van der Waals surface area contributed by atoms with Crippen LogP contribution >= 0.6 is 0 Å². The van der Waals surface area contributed by atoms with Gasteiger partial charge in [-0.1, -0.05) is 24.2 Å². The van der Waals surface area contributed by atoms with Crippen molar-refractivity contribution in [3.8, 4) is 22.8 Å². The normalized spacial score (nSPS) is 11.9. The number of hydrogen-bond donors (Lipinski definition) is 0. The van der Waals surface area contributed by atoms with Crippen LogP contribution in [0.25, 0.3) is 33.7 Å². The Hall–Kier alpha value is -3.49. The Balaban J connectivity index is 1.84. The van der Waals surface area contributed by atoms with Gasteiger partial charge >= 0.3 is 6.18 Å². The molecule has 0 bridgehead atoms. The minimum Gasteiger partial charge on any atom is -0.346 e. The molecule has 0 atom stereocenters. The summed E-state index contributed by atoms with van der Waals surface area (Å²) in [5.41, 5.74) is -0.647. The van der Waals surface area contributed by atoms with Gasteiger partial charge in [0.15, 0.2) is 0 Å². The summed E-state index contributed by atoms with van der Waals surface area (Å²) < 4.78 is 59.6. The monoisotopic (exact) mass is 417 g/mol. The maximum absolute atomic E-state index is 13.7. The SMILES string of the molecule is CCCn1cc(-c2nc(-c3cccc(C(F)(F)F)c3)no2)c(=O)c2cc(F)ccc21. The van der Waals surface area contributed by atoms with Crippen LogP contribution in [-0.4, -0.2) is 14.7 Å². The summed E-state index contributed by atoms with van der Waals surface area (Å²) in [7, 11) is 0. The molecule has 0 aliphatic carbocycles. The highest BCUT2D eigenvalue weighted by molar-refractivity contribution is 5.83. The molecule has 2 heterocycles. The minimum absolute atomic E-state index is 0.0484. The fourth-order valence-electron chi connectivity index (χ4n) is 3.23. The third-order valence-corrected chi connectivity index (χ3v) is 4.61. The van der Waals surface area contributed by atoms with Gasteiger partial charge in [-0.3, -0.25) is 4.79 Å². The highest BCUT2D eigenvalue weighted by atomic mass is 19.4. The van der Waals surface area contributed by atoms with Crippen molar-refractivity contribution in [3.05, 3.63) is 70.3 Å². The van der Waals surface area contributed by atoms with Gasteiger partial charge in [0.1, 0.15) is 11.4 Å². The molecule has 0 aliphatic rings. The number of aromatic nitrogens is 3. The first kappa shape index (κ1) is 19.8. The average Bonchev–Trinajstić information content (AvgIpc) is 3.20. The van der Waals surface area contributed by atoms with Crippen molar-refractivity contribution in [1.29, 1.82) is 0 Å². The Morgan fingerprint density at radius 1 is 1.13 bits per heavy atom. The van der Waals surface area contributed by atoms with Gasteiger partial charge in [-0.25, -0.2) is 4.39 Å². The summed E-state index contributed by atoms with van der Waals surface area (Å²) in [6.07, 6.45) is -2.22. The quantitative estimate of drug-likeness (QED) is 0.424. The van der Waals surface area contributed by atoms with Crippen LogP contribution in [0.15, 0.2) is 58.0 Å². The fraction of sp³-hybridized carbons (Fsp3) is 0.190. The lowest BCUT2D eigenvalue weighted by molar-refractivity contribution is -0.137. The topological polar surface area (TPSA) is 60.9 Å². The van der Waals surface area contributed by atoms with Gasteiger partial charge < -0.3 is 9.09 Å². The first-order valence-corrected chi connectivity index (χ1v) is 9.12. The van der Waals surface area contributed by atoms with E-state index in [0.717, 1.165) is 24.6 Å². The van der Waals surface area contributed by atoms with E-state index < -0.39 is 23.0 Å². The molecule has 30 heavy (non-hydrogen) atoms. The standard InChI is InChI=1S/C21H15F4N3O2/c1-2-8-28-11-16(18(29)15-10-14(22)6-7-17(15)28)20-26-19(27-30-20)12-4-3-5-13(9-12)21(23,24)25/h3-7,9-11H,2,8H2,1H3. The minimum atomic E-state index is -4.52. The van der Waals surface area contributed by atoms with Crippen LogP contribution in [0, 0.1) is 5.82 Å². The lowest BCUT2D eigenvalue weighted by atomic mass is 10.1. The highest BCUT2D eigenvalue weighted by Gasteiger charge is 2.31. The second-order valence-electron chi connectivity index (χ2n) is 6.73. The number of pyridine rings is 1. The van der Waals surface area contributed by atoms with Crippen molar-refractivity contribution in [3.63, 3.8) is 0 Å². The summed E-state index contributed by atoms with van der Waals surface area (Å²) >= 11 is 0. The van der Waals surface area contributed by atoms with E-state index in [2.05, 4.69) is 10.1 Å². The Labute approximate surface area is 167 Å². The van der Waals surface area contributed by atoms with Crippen molar-refractivity contribution in [2.45, 2.75) is 26.1 Å². The molecule has 5 nitrogen and oxygen atoms in total. The van der Waals surface area contributed by atoms with Gasteiger partial charge in [0.25, 0.3) is 5.89 Å². The van der Waals surface area contributed by atoms with E-state index in [9.17, 15) is 22.4 Å². The van der Waals surface area contributed by atoms with Crippen LogP contribution < -0.4 is 5.43 Å². The molecular formula is C21H15F4N3O2. The molecule has 0 spiro atoms. The van der Waals surface area contributed by atoms with E-state index >= 15 is 0 Å². The molecule has 154 valence electrons. The largest absolute Gasteiger partial charge is 0.416 e. The van der Waals surface area contributed by atoms with Crippen LogP contribution in [0.1, 0.15) is 18.9 Å². The van der Waals surface area contributed by atoms with Crippen LogP contribution in [0.5, 0.6) is 0 Å². The van der Waals surface area contributed by atoms with E-state index in [4.69, 9.17) is 4.52 Å². The third-order valence-electron chi connectivity index (χ3n) is 4.61. The zero-order valence-electron chi connectivity index (χ0n) is 15.7. The molecule has 4 rings (SSSR count). The predicted octanol–water partition coefficient (Wildman–Crippen LogP) is 5.29. The van der Waals surface area contributed by atoms with Crippen LogP contribution in [0.2, 0.25) is 0 Å². The molecule has 0 amide bonds. The number of aryl methyl sites for hydroxylation is 1. The van der Waals surface area contributed by atoms with Gasteiger partial charge in [0, 0.05) is 23.7 Å². The van der Waals surface area contributed by atoms with E-state index in [1.807, 2.05) is 6.92 Å². The molecule has 0 N–H and O–H groups in total. The molecule has 0 saturated carbocycles. The summed E-state index contributed by atoms with van der Waals surface area (Å²) in [5.74, 6) is -0.796. The molecule has 4 aromatic rings. The summed E-state index contributed by atoms with van der Waals surface area (Å²) in [5, 5.41) is 3.88. The lowest BCUT2D eigenvalue weighted by Crippen LogP contribution is -2.12. The smallest absolute Gasteiger partial charge is 0.346 e. The molecule has 9 heteroatoms. The van der Waals surface area contributed by atoms with Gasteiger partial charge in [-0.15, -0.1) is 0 Å². The Bertz CT molecular complexity index is 1290. The zero-order chi connectivity index (χ0) is 21.5. The maximum Gasteiger partial charge on any atom is 0.416 e. The molecule has 2 aromatic carbocycles. The Kier molecular flexibility index (Phi) is 4.89. The van der Waals surface area contributed by atoms with E-state index in [1.54, 1.807) is 4.57 Å². The summed E-state index contributed by atoms with van der Waals surface area (Å²) in [6, 6.07) is 8.42. The summed E-state index contributed by atoms with van der Waals surface area (Å²) in [6.45, 7) is 2.51. The van der Waals surface area contributed by atoms with Crippen molar-refractivity contribution < 1.29 is 22.1 Å². The number of halogens is 4. The number of hydrogen-bond acceptors (Lipinski definition) is 4. The number of rotatable bonds is 4. The van der Waals surface area contributed by atoms with Crippen molar-refractivity contribution >= 4 is 10.9 Å². The summed E-state index contributed by atoms with van der Waals surface area (Å²) in [4.78, 5) is 17.0. The fourth-order valence-corrected chi connectivity index (χ4v) is 3.23. The molecule has 0 radical (unpaired) electrons. The zero-order valence-corrected chi connectivity index (χ0v) is 15.7. The van der Waals surface area contributed by atoms with Gasteiger partial charge in [0.05, 0.1) is 11.1 Å². The molecule has 0 fully saturated rings. The second kappa shape index (κ2) is 7.40. The van der Waals surface area contributed by atoms with Gasteiger partial charge in [-0.2, -0.15) is 18.2 Å². The van der Waals surface area contributed by atoms with Gasteiger partial charge in [0.2, 0.25) is 11.3 Å². The second-order valence-corrected chi connectivity index (χ2v) is 6.73. The third kappa shape index (κ3) is 3.58. The molecular weight excluding hydrogens is 402 g/mol. The average molecular weight is 417 g/mol. The Morgan fingerprint density at radius 3 is 2.67 bits per heavy atom. The van der Waals surface area contributed by atoms with Crippen LogP contribution in [0.3, 0.4) is 0 Å². The lowest BCUT2D eigenvalue weighted by Gasteiger charge is -2.11. The first-order valence-electron chi connectivity index (χ1n) is 9.12. The van der Waals surface area contributed by atoms with E-state index in [1.165, 1.54) is 30.5 Å². The predicted molar refractivity (Wildman–Crippen MR) is 102 cm³/mol. The first-order chi connectivity index (χ1) is 14.3. The maximum atomic E-state index is 13.7. The highest BCUT2D eigenvalue weighted by Crippen LogP contribution is 2.32. The van der Waals surface area contributed by atoms with Crippen molar-refractivity contribution in [1.82, 2.24) is 14.7 Å². The van der Waals surface area contributed by atoms with E-state index in [0.29, 0.717) is 12.1 Å². The number of fused-ring (bicyclic) bond motifs is 1. The Morgan fingerprint density at radius 2 is 1.93 bits per heavy atom. The van der Waals surface area contributed by atoms with Crippen LogP contribution in [-0.2, 0) is 12.7 Å². The van der Waals surface area contributed by atoms with Crippen molar-refractivity contribution in [2.24, 2.45) is 0 Å². The van der Waals surface area contributed by atoms with Gasteiger partial charge in [-0.05, 0) is 36.8 Å².